The summed E-state index contributed by atoms with van der Waals surface area (Å²) in [6, 6.07) is 8.17. The number of nitrogens with one attached hydrogen (secondary N) is 2. The zero-order chi connectivity index (χ0) is 15.7. The lowest BCUT2D eigenvalue weighted by Crippen LogP contribution is -2.14. The SMILES string of the molecule is FC(F)(F)c1cc(Nc2cccc(Br)c2)nc(NC2CC2)n1. The van der Waals surface area contributed by atoms with E-state index in [9.17, 15) is 13.2 Å². The van der Waals surface area contributed by atoms with Gasteiger partial charge in [-0.05, 0) is 31.0 Å². The number of alkyl halides is 3. The topological polar surface area (TPSA) is 49.8 Å². The van der Waals surface area contributed by atoms with E-state index in [1.54, 1.807) is 18.2 Å². The second-order valence-electron chi connectivity index (χ2n) is 5.01. The molecule has 0 saturated heterocycles. The molecule has 2 N–H and O–H groups in total. The molecule has 1 aromatic heterocycles. The Morgan fingerprint density at radius 1 is 1.14 bits per heavy atom. The molecule has 1 aliphatic carbocycles. The second kappa shape index (κ2) is 5.75. The van der Waals surface area contributed by atoms with Crippen LogP contribution in [0.3, 0.4) is 0 Å². The third kappa shape index (κ3) is 3.88. The summed E-state index contributed by atoms with van der Waals surface area (Å²) in [6.07, 6.45) is -2.67. The van der Waals surface area contributed by atoms with Gasteiger partial charge >= 0.3 is 6.18 Å². The summed E-state index contributed by atoms with van der Waals surface area (Å²) in [5.41, 5.74) is -0.332. The lowest BCUT2D eigenvalue weighted by atomic mass is 10.3. The van der Waals surface area contributed by atoms with E-state index in [4.69, 9.17) is 0 Å². The largest absolute Gasteiger partial charge is 0.433 e. The molecule has 1 fully saturated rings. The van der Waals surface area contributed by atoms with Gasteiger partial charge in [0.25, 0.3) is 0 Å². The highest BCUT2D eigenvalue weighted by molar-refractivity contribution is 9.10. The van der Waals surface area contributed by atoms with Gasteiger partial charge in [0.2, 0.25) is 5.95 Å². The Labute approximate surface area is 133 Å². The first-order valence-electron chi connectivity index (χ1n) is 6.65. The van der Waals surface area contributed by atoms with E-state index in [2.05, 4.69) is 36.5 Å². The first-order chi connectivity index (χ1) is 10.4. The van der Waals surface area contributed by atoms with E-state index in [-0.39, 0.29) is 17.8 Å². The van der Waals surface area contributed by atoms with E-state index in [0.29, 0.717) is 5.69 Å². The van der Waals surface area contributed by atoms with Crippen LogP contribution in [-0.4, -0.2) is 16.0 Å². The van der Waals surface area contributed by atoms with Crippen LogP contribution in [0.25, 0.3) is 0 Å². The van der Waals surface area contributed by atoms with Crippen molar-refractivity contribution in [3.63, 3.8) is 0 Å². The number of benzene rings is 1. The van der Waals surface area contributed by atoms with Crippen molar-refractivity contribution in [3.05, 3.63) is 40.5 Å². The average molecular weight is 373 g/mol. The van der Waals surface area contributed by atoms with Crippen LogP contribution in [0.2, 0.25) is 0 Å². The third-order valence-electron chi connectivity index (χ3n) is 3.02. The molecule has 0 bridgehead atoms. The molecule has 1 aromatic carbocycles. The van der Waals surface area contributed by atoms with Gasteiger partial charge in [-0.1, -0.05) is 22.0 Å². The van der Waals surface area contributed by atoms with Crippen molar-refractivity contribution in [2.24, 2.45) is 0 Å². The molecule has 3 rings (SSSR count). The second-order valence-corrected chi connectivity index (χ2v) is 5.93. The standard InChI is InChI=1S/C14H12BrF3N4/c15-8-2-1-3-10(6-8)19-12-7-11(14(16,17)18)21-13(22-12)20-9-4-5-9/h1-3,6-7,9H,4-5H2,(H2,19,20,21,22). The van der Waals surface area contributed by atoms with Crippen LogP contribution in [0, 0.1) is 0 Å². The normalized spacial score (nSPS) is 14.7. The lowest BCUT2D eigenvalue weighted by Gasteiger charge is -2.12. The summed E-state index contributed by atoms with van der Waals surface area (Å²) in [5.74, 6) is 0.0957. The number of halogens is 4. The number of nitrogens with zero attached hydrogens (tertiary/aromatic N) is 2. The van der Waals surface area contributed by atoms with Crippen LogP contribution in [-0.2, 0) is 6.18 Å². The molecular formula is C14H12BrF3N4. The van der Waals surface area contributed by atoms with E-state index >= 15 is 0 Å². The van der Waals surface area contributed by atoms with Gasteiger partial charge in [0, 0.05) is 22.3 Å². The zero-order valence-corrected chi connectivity index (χ0v) is 12.9. The molecular weight excluding hydrogens is 361 g/mol. The molecule has 0 spiro atoms. The van der Waals surface area contributed by atoms with Crippen molar-refractivity contribution >= 4 is 33.4 Å². The molecule has 116 valence electrons. The fraction of sp³-hybridized carbons (Fsp3) is 0.286. The summed E-state index contributed by atoms with van der Waals surface area (Å²) < 4.78 is 39.7. The molecule has 1 aliphatic rings. The van der Waals surface area contributed by atoms with Gasteiger partial charge in [-0.2, -0.15) is 18.2 Å². The van der Waals surface area contributed by atoms with Crippen molar-refractivity contribution in [2.75, 3.05) is 10.6 Å². The smallest absolute Gasteiger partial charge is 0.351 e. The Hall–Kier alpha value is -1.83. The number of hydrogen-bond donors (Lipinski definition) is 2. The van der Waals surface area contributed by atoms with Gasteiger partial charge in [0.1, 0.15) is 5.82 Å². The van der Waals surface area contributed by atoms with Gasteiger partial charge in [-0.3, -0.25) is 0 Å². The van der Waals surface area contributed by atoms with Gasteiger partial charge < -0.3 is 10.6 Å². The number of hydrogen-bond acceptors (Lipinski definition) is 4. The monoisotopic (exact) mass is 372 g/mol. The molecule has 0 unspecified atom stereocenters. The van der Waals surface area contributed by atoms with Crippen molar-refractivity contribution in [1.29, 1.82) is 0 Å². The Balaban J connectivity index is 1.91. The Morgan fingerprint density at radius 3 is 2.55 bits per heavy atom. The number of anilines is 3. The zero-order valence-electron chi connectivity index (χ0n) is 11.3. The van der Waals surface area contributed by atoms with Crippen LogP contribution in [0.5, 0.6) is 0 Å². The van der Waals surface area contributed by atoms with Gasteiger partial charge in [0.05, 0.1) is 0 Å². The predicted octanol–water partition coefficient (Wildman–Crippen LogP) is 4.58. The number of aromatic nitrogens is 2. The highest BCUT2D eigenvalue weighted by Crippen LogP contribution is 2.32. The quantitative estimate of drug-likeness (QED) is 0.824. The molecule has 8 heteroatoms. The van der Waals surface area contributed by atoms with Gasteiger partial charge in [0.15, 0.2) is 5.69 Å². The molecule has 1 heterocycles. The molecule has 1 saturated carbocycles. The van der Waals surface area contributed by atoms with E-state index in [0.717, 1.165) is 23.4 Å². The highest BCUT2D eigenvalue weighted by Gasteiger charge is 2.34. The highest BCUT2D eigenvalue weighted by atomic mass is 79.9. The van der Waals surface area contributed by atoms with Crippen LogP contribution in [0.1, 0.15) is 18.5 Å². The molecule has 4 nitrogen and oxygen atoms in total. The average Bonchev–Trinajstić information content (AvgIpc) is 3.21. The minimum atomic E-state index is -4.52. The summed E-state index contributed by atoms with van der Waals surface area (Å²) in [7, 11) is 0. The van der Waals surface area contributed by atoms with E-state index < -0.39 is 11.9 Å². The Bertz CT molecular complexity index is 686. The summed E-state index contributed by atoms with van der Waals surface area (Å²) in [6.45, 7) is 0. The lowest BCUT2D eigenvalue weighted by molar-refractivity contribution is -0.141. The first-order valence-corrected chi connectivity index (χ1v) is 7.45. The molecule has 0 amide bonds. The molecule has 2 aromatic rings. The number of rotatable bonds is 4. The fourth-order valence-corrected chi connectivity index (χ4v) is 2.24. The molecule has 0 aliphatic heterocycles. The Morgan fingerprint density at radius 2 is 1.91 bits per heavy atom. The minimum absolute atomic E-state index is 0.00479. The van der Waals surface area contributed by atoms with Crippen molar-refractivity contribution < 1.29 is 13.2 Å². The molecule has 0 atom stereocenters. The third-order valence-corrected chi connectivity index (χ3v) is 3.52. The van der Waals surface area contributed by atoms with Gasteiger partial charge in [-0.15, -0.1) is 0 Å². The van der Waals surface area contributed by atoms with Crippen molar-refractivity contribution in [2.45, 2.75) is 25.1 Å². The maximum Gasteiger partial charge on any atom is 0.433 e. The van der Waals surface area contributed by atoms with Crippen LogP contribution < -0.4 is 10.6 Å². The van der Waals surface area contributed by atoms with E-state index in [1.165, 1.54) is 0 Å². The van der Waals surface area contributed by atoms with Gasteiger partial charge in [-0.25, -0.2) is 4.98 Å². The molecule has 0 radical (unpaired) electrons. The predicted molar refractivity (Wildman–Crippen MR) is 81.1 cm³/mol. The maximum absolute atomic E-state index is 13.0. The fourth-order valence-electron chi connectivity index (χ4n) is 1.85. The summed E-state index contributed by atoms with van der Waals surface area (Å²) in [4.78, 5) is 7.65. The van der Waals surface area contributed by atoms with Crippen LogP contribution in [0.4, 0.5) is 30.6 Å². The van der Waals surface area contributed by atoms with Crippen molar-refractivity contribution in [3.8, 4) is 0 Å². The van der Waals surface area contributed by atoms with Crippen molar-refractivity contribution in [1.82, 2.24) is 9.97 Å². The van der Waals surface area contributed by atoms with E-state index in [1.807, 2.05) is 6.07 Å². The van der Waals surface area contributed by atoms with Crippen LogP contribution >= 0.6 is 15.9 Å². The molecule has 22 heavy (non-hydrogen) atoms. The summed E-state index contributed by atoms with van der Waals surface area (Å²) in [5, 5.41) is 5.76. The maximum atomic E-state index is 13.0. The summed E-state index contributed by atoms with van der Waals surface area (Å²) >= 11 is 3.31. The minimum Gasteiger partial charge on any atom is -0.351 e. The Kier molecular flexibility index (Phi) is 3.94. The first kappa shape index (κ1) is 15.1. The van der Waals surface area contributed by atoms with Crippen LogP contribution in [0.15, 0.2) is 34.8 Å².